The molecule has 0 radical (unpaired) electrons. The molecule has 0 aliphatic carbocycles. The van der Waals surface area contributed by atoms with Crippen LogP contribution in [0.4, 0.5) is 5.69 Å². The Hall–Kier alpha value is -4.10. The number of hydrazone groups is 1. The molecule has 0 fully saturated rings. The fraction of sp³-hybridized carbons (Fsp3) is 0.143. The number of hydrogen-bond acceptors (Lipinski definition) is 5. The molecule has 2 N–H and O–H groups in total. The number of phenolic OH excluding ortho intramolecular Hbond substituents is 1. The largest absolute Gasteiger partial charge is 0.507 e. The topological polar surface area (TPSA) is 66.3 Å². The second kappa shape index (κ2) is 9.64. The Labute approximate surface area is 209 Å². The minimum atomic E-state index is -0.153. The highest BCUT2D eigenvalue weighted by atomic mass is 32.1. The minimum absolute atomic E-state index is 0.150. The first-order chi connectivity index (χ1) is 17.1. The van der Waals surface area contributed by atoms with Gasteiger partial charge in [-0.1, -0.05) is 42.5 Å². The van der Waals surface area contributed by atoms with Gasteiger partial charge in [0.15, 0.2) is 5.11 Å². The molecule has 0 saturated carbocycles. The molecule has 4 aromatic rings. The molecule has 0 spiro atoms. The van der Waals surface area contributed by atoms with Crippen LogP contribution < -0.4 is 14.8 Å². The van der Waals surface area contributed by atoms with Crippen molar-refractivity contribution in [3.05, 3.63) is 96.1 Å². The molecule has 35 heavy (non-hydrogen) atoms. The summed E-state index contributed by atoms with van der Waals surface area (Å²) >= 11 is 5.83. The van der Waals surface area contributed by atoms with Crippen molar-refractivity contribution in [2.24, 2.45) is 5.10 Å². The molecule has 0 bridgehead atoms. The number of methoxy groups -OCH3 is 2. The van der Waals surface area contributed by atoms with Crippen molar-refractivity contribution in [2.45, 2.75) is 12.5 Å². The molecule has 1 aliphatic heterocycles. The zero-order chi connectivity index (χ0) is 24.4. The monoisotopic (exact) mass is 483 g/mol. The smallest absolute Gasteiger partial charge is 0.194 e. The number of ether oxygens (including phenoxy) is 2. The third-order valence-corrected chi connectivity index (χ3v) is 6.45. The van der Waals surface area contributed by atoms with Crippen LogP contribution in [0.1, 0.15) is 23.6 Å². The fourth-order valence-electron chi connectivity index (χ4n) is 4.37. The summed E-state index contributed by atoms with van der Waals surface area (Å²) in [7, 11) is 3.24. The molecule has 1 heterocycles. The lowest BCUT2D eigenvalue weighted by Crippen LogP contribution is -2.31. The van der Waals surface area contributed by atoms with E-state index in [4.69, 9.17) is 26.8 Å². The summed E-state index contributed by atoms with van der Waals surface area (Å²) < 4.78 is 10.6. The molecular formula is C28H25N3O3S. The van der Waals surface area contributed by atoms with Gasteiger partial charge in [-0.2, -0.15) is 5.10 Å². The fourth-order valence-corrected chi connectivity index (χ4v) is 4.66. The Morgan fingerprint density at radius 1 is 0.943 bits per heavy atom. The van der Waals surface area contributed by atoms with Gasteiger partial charge in [-0.05, 0) is 71.0 Å². The van der Waals surface area contributed by atoms with Crippen LogP contribution in [-0.2, 0) is 0 Å². The Kier molecular flexibility index (Phi) is 6.25. The van der Waals surface area contributed by atoms with Gasteiger partial charge in [0, 0.05) is 17.7 Å². The van der Waals surface area contributed by atoms with E-state index >= 15 is 0 Å². The first kappa shape index (κ1) is 22.7. The summed E-state index contributed by atoms with van der Waals surface area (Å²) in [5.74, 6) is 1.57. The van der Waals surface area contributed by atoms with Crippen LogP contribution in [-0.4, -0.2) is 35.2 Å². The third kappa shape index (κ3) is 4.50. The van der Waals surface area contributed by atoms with Crippen molar-refractivity contribution in [1.29, 1.82) is 0 Å². The Morgan fingerprint density at radius 2 is 1.66 bits per heavy atom. The van der Waals surface area contributed by atoms with Crippen LogP contribution in [0.3, 0.4) is 0 Å². The van der Waals surface area contributed by atoms with Crippen LogP contribution in [0.15, 0.2) is 90.0 Å². The van der Waals surface area contributed by atoms with Crippen molar-refractivity contribution in [3.8, 4) is 17.2 Å². The van der Waals surface area contributed by atoms with Crippen molar-refractivity contribution in [1.82, 2.24) is 5.01 Å². The molecule has 1 atom stereocenters. The summed E-state index contributed by atoms with van der Waals surface area (Å²) in [5.41, 5.74) is 3.31. The molecule has 7 heteroatoms. The van der Waals surface area contributed by atoms with E-state index in [1.807, 2.05) is 41.4 Å². The van der Waals surface area contributed by atoms with Crippen molar-refractivity contribution >= 4 is 39.5 Å². The lowest BCUT2D eigenvalue weighted by atomic mass is 9.94. The maximum absolute atomic E-state index is 10.6. The minimum Gasteiger partial charge on any atom is -0.507 e. The number of anilines is 1. The average Bonchev–Trinajstić information content (AvgIpc) is 3.34. The van der Waals surface area contributed by atoms with Gasteiger partial charge in [0.05, 0.1) is 26.0 Å². The second-order valence-electron chi connectivity index (χ2n) is 8.22. The third-order valence-electron chi connectivity index (χ3n) is 6.16. The average molecular weight is 484 g/mol. The standard InChI is InChI=1S/C28H25N3O3S/c1-33-20-12-10-19(11-13-20)29-28(35)31-26(23-9-5-7-18-6-3-4-8-22(18)23)17-25(30-31)24-16-21(34-2)14-15-27(24)32/h3-16,26,32H,17H2,1-2H3,(H,29,35). The molecule has 0 aromatic heterocycles. The Bertz CT molecular complexity index is 1410. The van der Waals surface area contributed by atoms with Gasteiger partial charge in [0.2, 0.25) is 0 Å². The predicted octanol–water partition coefficient (Wildman–Crippen LogP) is 6.11. The van der Waals surface area contributed by atoms with Gasteiger partial charge < -0.3 is 19.9 Å². The van der Waals surface area contributed by atoms with Crippen molar-refractivity contribution in [2.75, 3.05) is 19.5 Å². The van der Waals surface area contributed by atoms with Gasteiger partial charge in [-0.3, -0.25) is 0 Å². The number of benzene rings is 4. The number of fused-ring (bicyclic) bond motifs is 1. The zero-order valence-corrected chi connectivity index (χ0v) is 20.3. The van der Waals surface area contributed by atoms with Crippen LogP contribution in [0, 0.1) is 0 Å². The molecule has 5 rings (SSSR count). The molecule has 6 nitrogen and oxygen atoms in total. The Morgan fingerprint density at radius 3 is 2.43 bits per heavy atom. The number of rotatable bonds is 5. The first-order valence-electron chi connectivity index (χ1n) is 11.2. The molecule has 0 amide bonds. The number of nitrogens with one attached hydrogen (secondary N) is 1. The highest BCUT2D eigenvalue weighted by Crippen LogP contribution is 2.39. The van der Waals surface area contributed by atoms with E-state index in [1.54, 1.807) is 32.4 Å². The maximum Gasteiger partial charge on any atom is 0.194 e. The van der Waals surface area contributed by atoms with Gasteiger partial charge in [-0.15, -0.1) is 0 Å². The van der Waals surface area contributed by atoms with E-state index in [1.165, 1.54) is 0 Å². The highest BCUT2D eigenvalue weighted by molar-refractivity contribution is 7.80. The van der Waals surface area contributed by atoms with Gasteiger partial charge >= 0.3 is 0 Å². The van der Waals surface area contributed by atoms with Crippen molar-refractivity contribution < 1.29 is 14.6 Å². The highest BCUT2D eigenvalue weighted by Gasteiger charge is 2.33. The number of thiocarbonyl (C=S) groups is 1. The maximum atomic E-state index is 10.6. The normalized spacial score (nSPS) is 15.1. The zero-order valence-electron chi connectivity index (χ0n) is 19.4. The van der Waals surface area contributed by atoms with Crippen molar-refractivity contribution in [3.63, 3.8) is 0 Å². The quantitative estimate of drug-likeness (QED) is 0.334. The molecule has 1 aliphatic rings. The molecule has 1 unspecified atom stereocenters. The second-order valence-corrected chi connectivity index (χ2v) is 8.61. The lowest BCUT2D eigenvalue weighted by molar-refractivity contribution is 0.377. The predicted molar refractivity (Wildman–Crippen MR) is 144 cm³/mol. The molecule has 4 aromatic carbocycles. The summed E-state index contributed by atoms with van der Waals surface area (Å²) in [6, 6.07) is 27.1. The van der Waals surface area contributed by atoms with E-state index in [9.17, 15) is 5.11 Å². The van der Waals surface area contributed by atoms with Crippen LogP contribution in [0.25, 0.3) is 10.8 Å². The van der Waals surface area contributed by atoms with Gasteiger partial charge in [0.1, 0.15) is 17.2 Å². The Balaban J connectivity index is 1.55. The first-order valence-corrected chi connectivity index (χ1v) is 11.6. The van der Waals surface area contributed by atoms with E-state index in [-0.39, 0.29) is 11.8 Å². The van der Waals surface area contributed by atoms with Gasteiger partial charge in [0.25, 0.3) is 0 Å². The summed E-state index contributed by atoms with van der Waals surface area (Å²) in [6.45, 7) is 0. The number of hydrogen-bond donors (Lipinski definition) is 2. The van der Waals surface area contributed by atoms with E-state index in [0.717, 1.165) is 33.5 Å². The number of phenols is 1. The summed E-state index contributed by atoms with van der Waals surface area (Å²) in [6.07, 6.45) is 0.569. The van der Waals surface area contributed by atoms with E-state index in [2.05, 4.69) is 35.6 Å². The SMILES string of the molecule is COc1ccc(NC(=S)N2N=C(c3cc(OC)ccc3O)CC2c2cccc3ccccc23)cc1. The van der Waals surface area contributed by atoms with Gasteiger partial charge in [-0.25, -0.2) is 5.01 Å². The number of nitrogens with zero attached hydrogens (tertiary/aromatic N) is 2. The van der Waals surface area contributed by atoms with Crippen LogP contribution >= 0.6 is 12.2 Å². The van der Waals surface area contributed by atoms with Crippen LogP contribution in [0.2, 0.25) is 0 Å². The summed E-state index contributed by atoms with van der Waals surface area (Å²) in [5, 5.41) is 23.4. The van der Waals surface area contributed by atoms with E-state index in [0.29, 0.717) is 22.8 Å². The molecular weight excluding hydrogens is 458 g/mol. The molecule has 0 saturated heterocycles. The van der Waals surface area contributed by atoms with Crippen LogP contribution in [0.5, 0.6) is 17.2 Å². The lowest BCUT2D eigenvalue weighted by Gasteiger charge is -2.26. The molecule has 176 valence electrons. The number of aromatic hydroxyl groups is 1. The summed E-state index contributed by atoms with van der Waals surface area (Å²) in [4.78, 5) is 0. The van der Waals surface area contributed by atoms with E-state index < -0.39 is 0 Å².